The predicted molar refractivity (Wildman–Crippen MR) is 95.6 cm³/mol. The fraction of sp³-hybridized carbons (Fsp3) is 0.389. The first-order valence-electron chi connectivity index (χ1n) is 8.43. The highest BCUT2D eigenvalue weighted by atomic mass is 16.2. The van der Waals surface area contributed by atoms with E-state index in [9.17, 15) is 9.59 Å². The minimum atomic E-state index is 0.0372. The quantitative estimate of drug-likeness (QED) is 0.910. The summed E-state index contributed by atoms with van der Waals surface area (Å²) in [5.74, 6) is 0.101. The van der Waals surface area contributed by atoms with Crippen LogP contribution in [0.5, 0.6) is 0 Å². The molecule has 0 radical (unpaired) electrons. The van der Waals surface area contributed by atoms with Crippen molar-refractivity contribution in [2.24, 2.45) is 0 Å². The van der Waals surface area contributed by atoms with Crippen molar-refractivity contribution < 1.29 is 9.59 Å². The Balaban J connectivity index is 1.62. The summed E-state index contributed by atoms with van der Waals surface area (Å²) < 4.78 is 1.85. The third kappa shape index (κ3) is 3.81. The number of carbonyl (C=O) groups is 2. The molecule has 1 fully saturated rings. The number of anilines is 1. The molecule has 3 rings (SSSR count). The van der Waals surface area contributed by atoms with Gasteiger partial charge in [0.05, 0.1) is 17.9 Å². The van der Waals surface area contributed by atoms with Crippen LogP contribution in [-0.4, -0.2) is 64.1 Å². The number of benzene rings is 1. The maximum atomic E-state index is 12.5. The maximum Gasteiger partial charge on any atom is 0.241 e. The number of hydrogen-bond acceptors (Lipinski definition) is 4. The Hall–Kier alpha value is -2.83. The second-order valence-corrected chi connectivity index (χ2v) is 6.14. The minimum absolute atomic E-state index is 0.0372. The van der Waals surface area contributed by atoms with Crippen LogP contribution in [0.25, 0.3) is 5.69 Å². The summed E-state index contributed by atoms with van der Waals surface area (Å²) in [5, 5.41) is 7.56. The van der Waals surface area contributed by atoms with Crippen LogP contribution < -0.4 is 5.32 Å². The van der Waals surface area contributed by atoms with E-state index in [-0.39, 0.29) is 18.4 Å². The Morgan fingerprint density at radius 1 is 1.08 bits per heavy atom. The van der Waals surface area contributed by atoms with E-state index in [1.165, 1.54) is 0 Å². The summed E-state index contributed by atoms with van der Waals surface area (Å²) in [4.78, 5) is 27.4. The van der Waals surface area contributed by atoms with Crippen LogP contribution in [0.15, 0.2) is 36.5 Å². The molecule has 1 aromatic heterocycles. The number of aryl methyl sites for hydroxylation is 1. The highest BCUT2D eigenvalue weighted by Gasteiger charge is 2.22. The van der Waals surface area contributed by atoms with Crippen molar-refractivity contribution in [3.8, 4) is 5.69 Å². The average molecular weight is 341 g/mol. The van der Waals surface area contributed by atoms with Gasteiger partial charge < -0.3 is 15.1 Å². The first kappa shape index (κ1) is 17.0. The molecule has 132 valence electrons. The average Bonchev–Trinajstić information content (AvgIpc) is 3.05. The van der Waals surface area contributed by atoms with Crippen molar-refractivity contribution in [2.75, 3.05) is 38.0 Å². The topological polar surface area (TPSA) is 70.5 Å². The normalized spacial score (nSPS) is 14.5. The lowest BCUT2D eigenvalue weighted by atomic mass is 10.2. The lowest BCUT2D eigenvalue weighted by molar-refractivity contribution is -0.137. The van der Waals surface area contributed by atoms with Crippen LogP contribution in [-0.2, 0) is 9.59 Å². The zero-order chi connectivity index (χ0) is 17.8. The van der Waals surface area contributed by atoms with E-state index in [1.807, 2.05) is 41.9 Å². The molecular weight excluding hydrogens is 318 g/mol. The molecule has 1 aliphatic heterocycles. The molecule has 0 saturated carbocycles. The van der Waals surface area contributed by atoms with Crippen LogP contribution in [0.1, 0.15) is 12.6 Å². The van der Waals surface area contributed by atoms with Crippen LogP contribution in [0, 0.1) is 6.92 Å². The second-order valence-electron chi connectivity index (χ2n) is 6.14. The Labute approximate surface area is 147 Å². The van der Waals surface area contributed by atoms with Crippen molar-refractivity contribution in [1.29, 1.82) is 0 Å². The van der Waals surface area contributed by atoms with E-state index < -0.39 is 0 Å². The third-order valence-electron chi connectivity index (χ3n) is 4.47. The number of hydrogen-bond donors (Lipinski definition) is 1. The Kier molecular flexibility index (Phi) is 5.02. The summed E-state index contributed by atoms with van der Waals surface area (Å²) in [6.07, 6.45) is 1.76. The van der Waals surface area contributed by atoms with Crippen molar-refractivity contribution in [1.82, 2.24) is 19.6 Å². The zero-order valence-electron chi connectivity index (χ0n) is 14.6. The molecule has 0 atom stereocenters. The van der Waals surface area contributed by atoms with Crippen LogP contribution in [0.3, 0.4) is 0 Å². The molecule has 2 amide bonds. The molecule has 25 heavy (non-hydrogen) atoms. The van der Waals surface area contributed by atoms with E-state index in [4.69, 9.17) is 0 Å². The summed E-state index contributed by atoms with van der Waals surface area (Å²) >= 11 is 0. The molecule has 1 N–H and O–H groups in total. The molecule has 7 heteroatoms. The van der Waals surface area contributed by atoms with E-state index in [2.05, 4.69) is 10.4 Å². The van der Waals surface area contributed by atoms with Crippen molar-refractivity contribution in [3.63, 3.8) is 0 Å². The predicted octanol–water partition coefficient (Wildman–Crippen LogP) is 1.28. The smallest absolute Gasteiger partial charge is 0.241 e. The van der Waals surface area contributed by atoms with E-state index in [0.717, 1.165) is 17.1 Å². The zero-order valence-corrected chi connectivity index (χ0v) is 14.6. The number of carbonyl (C=O) groups excluding carboxylic acids is 2. The van der Waals surface area contributed by atoms with Crippen LogP contribution >= 0.6 is 0 Å². The Morgan fingerprint density at radius 3 is 2.40 bits per heavy atom. The summed E-state index contributed by atoms with van der Waals surface area (Å²) in [5.41, 5.74) is 2.81. The lowest BCUT2D eigenvalue weighted by Gasteiger charge is -2.34. The number of para-hydroxylation sites is 2. The molecular formula is C18H23N5O2. The monoisotopic (exact) mass is 341 g/mol. The molecule has 1 aliphatic rings. The van der Waals surface area contributed by atoms with Gasteiger partial charge in [0.2, 0.25) is 11.8 Å². The van der Waals surface area contributed by atoms with Gasteiger partial charge in [0.15, 0.2) is 0 Å². The van der Waals surface area contributed by atoms with E-state index in [0.29, 0.717) is 26.2 Å². The molecule has 0 unspecified atom stereocenters. The van der Waals surface area contributed by atoms with Gasteiger partial charge >= 0.3 is 0 Å². The Morgan fingerprint density at radius 2 is 1.76 bits per heavy atom. The SMILES string of the molecule is CC(=O)N1CCN(C(=O)CNc2ccccc2-n2nccc2C)CC1. The summed E-state index contributed by atoms with van der Waals surface area (Å²) in [7, 11) is 0. The molecule has 7 nitrogen and oxygen atoms in total. The highest BCUT2D eigenvalue weighted by Crippen LogP contribution is 2.20. The number of nitrogens with zero attached hydrogens (tertiary/aromatic N) is 4. The van der Waals surface area contributed by atoms with Gasteiger partial charge in [-0.15, -0.1) is 0 Å². The fourth-order valence-corrected chi connectivity index (χ4v) is 2.98. The highest BCUT2D eigenvalue weighted by molar-refractivity contribution is 5.82. The standard InChI is InChI=1S/C18H23N5O2/c1-14-7-8-20-23(14)17-6-4-3-5-16(17)19-13-18(25)22-11-9-21(10-12-22)15(2)24/h3-8,19H,9-13H2,1-2H3. The molecule has 0 aliphatic carbocycles. The first-order chi connectivity index (χ1) is 12.1. The van der Waals surface area contributed by atoms with Crippen LogP contribution in [0.2, 0.25) is 0 Å². The van der Waals surface area contributed by atoms with E-state index in [1.54, 1.807) is 22.9 Å². The van der Waals surface area contributed by atoms with Crippen LogP contribution in [0.4, 0.5) is 5.69 Å². The van der Waals surface area contributed by atoms with Gasteiger partial charge in [0, 0.05) is 45.0 Å². The molecule has 2 heterocycles. The van der Waals surface area contributed by atoms with Gasteiger partial charge in [-0.25, -0.2) is 4.68 Å². The summed E-state index contributed by atoms with van der Waals surface area (Å²) in [6, 6.07) is 9.73. The number of nitrogens with one attached hydrogen (secondary N) is 1. The molecule has 1 saturated heterocycles. The van der Waals surface area contributed by atoms with Gasteiger partial charge in [0.1, 0.15) is 0 Å². The summed E-state index contributed by atoms with van der Waals surface area (Å²) in [6.45, 7) is 6.14. The number of aromatic nitrogens is 2. The van der Waals surface area contributed by atoms with Gasteiger partial charge in [-0.05, 0) is 25.1 Å². The number of amides is 2. The van der Waals surface area contributed by atoms with Gasteiger partial charge in [0.25, 0.3) is 0 Å². The van der Waals surface area contributed by atoms with E-state index >= 15 is 0 Å². The van der Waals surface area contributed by atoms with Crippen molar-refractivity contribution in [3.05, 3.63) is 42.2 Å². The van der Waals surface area contributed by atoms with Crippen molar-refractivity contribution in [2.45, 2.75) is 13.8 Å². The van der Waals surface area contributed by atoms with Gasteiger partial charge in [-0.2, -0.15) is 5.10 Å². The first-order valence-corrected chi connectivity index (χ1v) is 8.43. The number of piperazine rings is 1. The van der Waals surface area contributed by atoms with Crippen molar-refractivity contribution >= 4 is 17.5 Å². The largest absolute Gasteiger partial charge is 0.374 e. The maximum absolute atomic E-state index is 12.5. The molecule has 0 bridgehead atoms. The molecule has 0 spiro atoms. The third-order valence-corrected chi connectivity index (χ3v) is 4.47. The Bertz CT molecular complexity index is 762. The lowest BCUT2D eigenvalue weighted by Crippen LogP contribution is -2.51. The van der Waals surface area contributed by atoms with Gasteiger partial charge in [-0.3, -0.25) is 9.59 Å². The molecule has 1 aromatic carbocycles. The van der Waals surface area contributed by atoms with Gasteiger partial charge in [-0.1, -0.05) is 12.1 Å². The molecule has 2 aromatic rings. The second kappa shape index (κ2) is 7.38. The fourth-order valence-electron chi connectivity index (χ4n) is 2.98. The number of rotatable bonds is 4. The minimum Gasteiger partial charge on any atom is -0.374 e.